The molecular formula is C10H9N7O4. The molecule has 21 heavy (non-hydrogen) atoms. The molecule has 2 aromatic rings. The fourth-order valence-corrected chi connectivity index (χ4v) is 1.30. The van der Waals surface area contributed by atoms with Crippen LogP contribution in [-0.4, -0.2) is 27.5 Å². The van der Waals surface area contributed by atoms with Crippen molar-refractivity contribution in [1.29, 1.82) is 0 Å². The number of nitrogen functional groups attached to an aromatic ring is 1. The fourth-order valence-electron chi connectivity index (χ4n) is 1.30. The molecule has 0 bridgehead atoms. The molecule has 1 aromatic heterocycles. The summed E-state index contributed by atoms with van der Waals surface area (Å²) >= 11 is 0. The SMILES string of the molecule is Nc1nonc1NC(=O)NN=Cc1cccc([N+](=O)[O-])c1. The first-order valence-corrected chi connectivity index (χ1v) is 5.49. The maximum absolute atomic E-state index is 11.4. The number of hydrogen-bond donors (Lipinski definition) is 3. The lowest BCUT2D eigenvalue weighted by Crippen LogP contribution is -2.24. The van der Waals surface area contributed by atoms with Crippen LogP contribution in [0.3, 0.4) is 0 Å². The Morgan fingerprint density at radius 1 is 1.48 bits per heavy atom. The van der Waals surface area contributed by atoms with Gasteiger partial charge in [0.05, 0.1) is 11.1 Å². The number of hydrogen-bond acceptors (Lipinski definition) is 8. The third-order valence-electron chi connectivity index (χ3n) is 2.21. The average molecular weight is 291 g/mol. The van der Waals surface area contributed by atoms with Gasteiger partial charge >= 0.3 is 6.03 Å². The topological polar surface area (TPSA) is 162 Å². The van der Waals surface area contributed by atoms with Gasteiger partial charge in [-0.05, 0) is 10.3 Å². The number of aromatic nitrogens is 2. The maximum atomic E-state index is 11.4. The zero-order chi connectivity index (χ0) is 15.2. The molecule has 0 aliphatic rings. The van der Waals surface area contributed by atoms with Gasteiger partial charge in [-0.15, -0.1) is 0 Å². The Labute approximate surface area is 116 Å². The Kier molecular flexibility index (Phi) is 4.04. The van der Waals surface area contributed by atoms with Gasteiger partial charge in [0.25, 0.3) is 5.69 Å². The Hall–Kier alpha value is -3.50. The van der Waals surface area contributed by atoms with Gasteiger partial charge in [0.15, 0.2) is 0 Å². The molecule has 0 aliphatic heterocycles. The molecule has 108 valence electrons. The lowest BCUT2D eigenvalue weighted by atomic mass is 10.2. The van der Waals surface area contributed by atoms with Gasteiger partial charge in [-0.1, -0.05) is 12.1 Å². The smallest absolute Gasteiger partial charge is 0.340 e. The molecular weight excluding hydrogens is 282 g/mol. The molecule has 0 spiro atoms. The Balaban J connectivity index is 1.93. The minimum Gasteiger partial charge on any atom is -0.378 e. The van der Waals surface area contributed by atoms with E-state index in [9.17, 15) is 14.9 Å². The minimum absolute atomic E-state index is 0.0435. The standard InChI is InChI=1S/C10H9N7O4/c11-8-9(16-21-15-8)13-10(18)14-12-5-6-2-1-3-7(4-6)17(19)20/h1-5H,(H2,11,15)(H2,13,14,16,18). The van der Waals surface area contributed by atoms with Gasteiger partial charge in [-0.3, -0.25) is 15.4 Å². The predicted molar refractivity (Wildman–Crippen MR) is 71.6 cm³/mol. The van der Waals surface area contributed by atoms with Crippen molar-refractivity contribution < 1.29 is 14.3 Å². The predicted octanol–water partition coefficient (Wildman–Crippen LogP) is 0.716. The summed E-state index contributed by atoms with van der Waals surface area (Å²) in [6.07, 6.45) is 1.25. The van der Waals surface area contributed by atoms with E-state index >= 15 is 0 Å². The Bertz CT molecular complexity index is 696. The van der Waals surface area contributed by atoms with Crippen molar-refractivity contribution in [3.63, 3.8) is 0 Å². The van der Waals surface area contributed by atoms with Crippen LogP contribution >= 0.6 is 0 Å². The quantitative estimate of drug-likeness (QED) is 0.424. The molecule has 1 heterocycles. The molecule has 0 radical (unpaired) electrons. The number of nitrogens with zero attached hydrogens (tertiary/aromatic N) is 4. The van der Waals surface area contributed by atoms with E-state index in [-0.39, 0.29) is 17.3 Å². The van der Waals surface area contributed by atoms with Crippen LogP contribution in [0.2, 0.25) is 0 Å². The zero-order valence-corrected chi connectivity index (χ0v) is 10.4. The van der Waals surface area contributed by atoms with Crippen LogP contribution in [0, 0.1) is 10.1 Å². The number of nitrogens with two attached hydrogens (primary N) is 1. The fraction of sp³-hybridized carbons (Fsp3) is 0. The van der Waals surface area contributed by atoms with Crippen molar-refractivity contribution in [2.24, 2.45) is 5.10 Å². The molecule has 0 fully saturated rings. The van der Waals surface area contributed by atoms with E-state index in [0.717, 1.165) is 0 Å². The van der Waals surface area contributed by atoms with E-state index in [1.54, 1.807) is 6.07 Å². The number of nitro benzene ring substituents is 1. The third kappa shape index (κ3) is 3.73. The lowest BCUT2D eigenvalue weighted by molar-refractivity contribution is -0.384. The summed E-state index contributed by atoms with van der Waals surface area (Å²) in [7, 11) is 0. The Morgan fingerprint density at radius 2 is 2.29 bits per heavy atom. The first kappa shape index (κ1) is 13.9. The maximum Gasteiger partial charge on any atom is 0.340 e. The van der Waals surface area contributed by atoms with Gasteiger partial charge in [0.1, 0.15) is 0 Å². The molecule has 0 atom stereocenters. The molecule has 11 nitrogen and oxygen atoms in total. The second-order valence-corrected chi connectivity index (χ2v) is 3.67. The van der Waals surface area contributed by atoms with Crippen molar-refractivity contribution in [3.8, 4) is 0 Å². The third-order valence-corrected chi connectivity index (χ3v) is 2.21. The highest BCUT2D eigenvalue weighted by molar-refractivity contribution is 5.91. The summed E-state index contributed by atoms with van der Waals surface area (Å²) in [6, 6.07) is 5.02. The number of anilines is 2. The van der Waals surface area contributed by atoms with E-state index in [2.05, 4.69) is 30.8 Å². The lowest BCUT2D eigenvalue weighted by Gasteiger charge is -1.99. The van der Waals surface area contributed by atoms with Crippen LogP contribution < -0.4 is 16.5 Å². The first-order chi connectivity index (χ1) is 10.1. The number of nitrogens with one attached hydrogen (secondary N) is 2. The molecule has 4 N–H and O–H groups in total. The zero-order valence-electron chi connectivity index (χ0n) is 10.4. The van der Waals surface area contributed by atoms with E-state index in [0.29, 0.717) is 5.56 Å². The summed E-state index contributed by atoms with van der Waals surface area (Å²) in [5, 5.41) is 23.1. The molecule has 0 saturated heterocycles. The van der Waals surface area contributed by atoms with Crippen molar-refractivity contribution in [3.05, 3.63) is 39.9 Å². The monoisotopic (exact) mass is 291 g/mol. The van der Waals surface area contributed by atoms with Crippen LogP contribution in [0.4, 0.5) is 22.1 Å². The number of rotatable bonds is 4. The highest BCUT2D eigenvalue weighted by Crippen LogP contribution is 2.11. The summed E-state index contributed by atoms with van der Waals surface area (Å²) in [5.74, 6) is -0.120. The van der Waals surface area contributed by atoms with Crippen molar-refractivity contribution in [1.82, 2.24) is 15.7 Å². The number of non-ortho nitro benzene ring substituents is 1. The summed E-state index contributed by atoms with van der Waals surface area (Å²) in [5.41, 5.74) is 7.84. The number of hydrazone groups is 1. The average Bonchev–Trinajstić information content (AvgIpc) is 2.84. The van der Waals surface area contributed by atoms with Gasteiger partial charge in [0, 0.05) is 17.7 Å². The van der Waals surface area contributed by atoms with Crippen molar-refractivity contribution in [2.45, 2.75) is 0 Å². The highest BCUT2D eigenvalue weighted by Gasteiger charge is 2.09. The molecule has 0 saturated carbocycles. The number of amides is 2. The number of carbonyl (C=O) groups is 1. The molecule has 0 aliphatic carbocycles. The largest absolute Gasteiger partial charge is 0.378 e. The van der Waals surface area contributed by atoms with Gasteiger partial charge < -0.3 is 5.73 Å². The van der Waals surface area contributed by atoms with Crippen LogP contribution in [0.15, 0.2) is 34.0 Å². The summed E-state index contributed by atoms with van der Waals surface area (Å²) in [6.45, 7) is 0. The minimum atomic E-state index is -0.723. The normalized spacial score (nSPS) is 10.5. The van der Waals surface area contributed by atoms with Gasteiger partial charge in [-0.25, -0.2) is 14.8 Å². The highest BCUT2D eigenvalue weighted by atomic mass is 16.6. The molecule has 0 unspecified atom stereocenters. The van der Waals surface area contributed by atoms with Gasteiger partial charge in [-0.2, -0.15) is 5.10 Å². The van der Waals surface area contributed by atoms with E-state index < -0.39 is 11.0 Å². The molecule has 2 amide bonds. The van der Waals surface area contributed by atoms with E-state index in [4.69, 9.17) is 5.73 Å². The summed E-state index contributed by atoms with van der Waals surface area (Å²) < 4.78 is 4.29. The number of carbonyl (C=O) groups excluding carboxylic acids is 1. The van der Waals surface area contributed by atoms with Crippen molar-refractivity contribution in [2.75, 3.05) is 11.1 Å². The number of urea groups is 1. The second kappa shape index (κ2) is 6.10. The summed E-state index contributed by atoms with van der Waals surface area (Å²) in [4.78, 5) is 21.5. The van der Waals surface area contributed by atoms with Crippen LogP contribution in [-0.2, 0) is 0 Å². The number of benzene rings is 1. The van der Waals surface area contributed by atoms with Crippen LogP contribution in [0.1, 0.15) is 5.56 Å². The van der Waals surface area contributed by atoms with Crippen LogP contribution in [0.25, 0.3) is 0 Å². The Morgan fingerprint density at radius 3 is 2.95 bits per heavy atom. The molecule has 2 rings (SSSR count). The van der Waals surface area contributed by atoms with Gasteiger partial charge in [0.2, 0.25) is 11.6 Å². The molecule has 11 heteroatoms. The van der Waals surface area contributed by atoms with E-state index in [1.165, 1.54) is 24.4 Å². The molecule has 1 aromatic carbocycles. The number of nitro groups is 1. The first-order valence-electron chi connectivity index (χ1n) is 5.49. The second-order valence-electron chi connectivity index (χ2n) is 3.67. The van der Waals surface area contributed by atoms with E-state index in [1.807, 2.05) is 0 Å². The van der Waals surface area contributed by atoms with Crippen molar-refractivity contribution >= 4 is 29.6 Å². The van der Waals surface area contributed by atoms with Crippen LogP contribution in [0.5, 0.6) is 0 Å².